The Kier molecular flexibility index (Phi) is 3.28. The number of nitrogens with zero attached hydrogens (tertiary/aromatic N) is 1. The SMILES string of the molecule is Oc1ccc(C=NCC23CC4C[C@H](CC[C@@H](C4)C2)C3)cc1. The van der Waals surface area contributed by atoms with Gasteiger partial charge in [-0.15, -0.1) is 0 Å². The lowest BCUT2D eigenvalue weighted by atomic mass is 9.58. The van der Waals surface area contributed by atoms with E-state index in [1.165, 1.54) is 44.9 Å². The Labute approximate surface area is 127 Å². The molecule has 112 valence electrons. The lowest BCUT2D eigenvalue weighted by Gasteiger charge is -2.47. The van der Waals surface area contributed by atoms with Crippen molar-refractivity contribution in [2.45, 2.75) is 44.9 Å². The molecule has 2 heteroatoms. The summed E-state index contributed by atoms with van der Waals surface area (Å²) in [6, 6.07) is 7.34. The molecule has 5 rings (SSSR count). The Bertz CT molecular complexity index is 517. The maximum atomic E-state index is 9.32. The van der Waals surface area contributed by atoms with Gasteiger partial charge in [0.15, 0.2) is 0 Å². The number of fused-ring (bicyclic) bond motifs is 1. The van der Waals surface area contributed by atoms with Crippen LogP contribution < -0.4 is 0 Å². The highest BCUT2D eigenvalue weighted by molar-refractivity contribution is 5.79. The zero-order valence-corrected chi connectivity index (χ0v) is 12.7. The molecule has 4 aliphatic rings. The minimum atomic E-state index is 0.324. The van der Waals surface area contributed by atoms with Crippen molar-refractivity contribution in [3.05, 3.63) is 29.8 Å². The van der Waals surface area contributed by atoms with Gasteiger partial charge >= 0.3 is 0 Å². The van der Waals surface area contributed by atoms with Gasteiger partial charge in [0, 0.05) is 12.8 Å². The monoisotopic (exact) mass is 283 g/mol. The van der Waals surface area contributed by atoms with E-state index in [0.29, 0.717) is 11.2 Å². The number of rotatable bonds is 3. The van der Waals surface area contributed by atoms with Crippen LogP contribution in [0.3, 0.4) is 0 Å². The Morgan fingerprint density at radius 2 is 1.62 bits per heavy atom. The van der Waals surface area contributed by atoms with Crippen LogP contribution in [-0.4, -0.2) is 17.9 Å². The second kappa shape index (κ2) is 5.15. The zero-order chi connectivity index (χ0) is 14.3. The lowest BCUT2D eigenvalue weighted by Crippen LogP contribution is -2.39. The van der Waals surface area contributed by atoms with Gasteiger partial charge in [-0.1, -0.05) is 12.8 Å². The third-order valence-corrected chi connectivity index (χ3v) is 6.04. The van der Waals surface area contributed by atoms with E-state index in [4.69, 9.17) is 4.99 Å². The average Bonchev–Trinajstić information content (AvgIpc) is 2.67. The van der Waals surface area contributed by atoms with Crippen molar-refractivity contribution in [3.63, 3.8) is 0 Å². The number of phenols is 1. The smallest absolute Gasteiger partial charge is 0.115 e. The fraction of sp³-hybridized carbons (Fsp3) is 0.632. The number of hydrogen-bond acceptors (Lipinski definition) is 2. The molecule has 4 fully saturated rings. The Morgan fingerprint density at radius 3 is 2.29 bits per heavy atom. The van der Waals surface area contributed by atoms with Gasteiger partial charge in [0.05, 0.1) is 0 Å². The van der Waals surface area contributed by atoms with Crippen LogP contribution in [0.15, 0.2) is 29.3 Å². The summed E-state index contributed by atoms with van der Waals surface area (Å²) in [5, 5.41) is 9.32. The second-order valence-corrected chi connectivity index (χ2v) is 7.82. The van der Waals surface area contributed by atoms with Gasteiger partial charge in [-0.2, -0.15) is 0 Å². The van der Waals surface area contributed by atoms with E-state index in [-0.39, 0.29) is 0 Å². The standard InChI is InChI=1S/C19H25NO/c21-18-5-3-14(4-6-18)12-20-13-19-9-15-1-2-16(10-19)8-17(7-15)11-19/h3-6,12,15-17,21H,1-2,7-11,13H2/t15-,16-,17?,19?/m0/s1. The van der Waals surface area contributed by atoms with Gasteiger partial charge in [0.1, 0.15) is 5.75 Å². The highest BCUT2D eigenvalue weighted by Crippen LogP contribution is 2.57. The van der Waals surface area contributed by atoms with Gasteiger partial charge in [-0.25, -0.2) is 0 Å². The van der Waals surface area contributed by atoms with Crippen molar-refractivity contribution in [2.24, 2.45) is 28.2 Å². The van der Waals surface area contributed by atoms with Crippen LogP contribution in [0.25, 0.3) is 0 Å². The van der Waals surface area contributed by atoms with Gasteiger partial charge in [-0.3, -0.25) is 4.99 Å². The molecule has 0 spiro atoms. The molecule has 1 N–H and O–H groups in total. The Balaban J connectivity index is 1.47. The molecule has 1 aromatic carbocycles. The van der Waals surface area contributed by atoms with Gasteiger partial charge in [-0.05, 0) is 85.1 Å². The van der Waals surface area contributed by atoms with E-state index in [1.807, 2.05) is 18.3 Å². The number of benzene rings is 1. The first-order valence-electron chi connectivity index (χ1n) is 8.50. The lowest BCUT2D eigenvalue weighted by molar-refractivity contribution is 0.0428. The fourth-order valence-corrected chi connectivity index (χ4v) is 5.47. The van der Waals surface area contributed by atoms with E-state index in [0.717, 1.165) is 29.9 Å². The quantitative estimate of drug-likeness (QED) is 0.818. The van der Waals surface area contributed by atoms with Crippen molar-refractivity contribution in [2.75, 3.05) is 6.54 Å². The molecule has 2 nitrogen and oxygen atoms in total. The number of hydrogen-bond donors (Lipinski definition) is 1. The van der Waals surface area contributed by atoms with Crippen molar-refractivity contribution in [1.29, 1.82) is 0 Å². The third-order valence-electron chi connectivity index (χ3n) is 6.04. The number of phenolic OH excluding ortho intramolecular Hbond substituents is 1. The van der Waals surface area contributed by atoms with E-state index in [1.54, 1.807) is 12.1 Å². The maximum absolute atomic E-state index is 9.32. The molecule has 0 radical (unpaired) electrons. The number of aromatic hydroxyl groups is 1. The summed E-state index contributed by atoms with van der Waals surface area (Å²) in [6.45, 7) is 1.01. The summed E-state index contributed by atoms with van der Waals surface area (Å²) in [6.07, 6.45) is 12.2. The minimum absolute atomic E-state index is 0.324. The first-order chi connectivity index (χ1) is 10.2. The molecule has 4 aliphatic carbocycles. The van der Waals surface area contributed by atoms with E-state index < -0.39 is 0 Å². The van der Waals surface area contributed by atoms with Gasteiger partial charge in [0.25, 0.3) is 0 Å². The average molecular weight is 283 g/mol. The van der Waals surface area contributed by atoms with Gasteiger partial charge < -0.3 is 5.11 Å². The van der Waals surface area contributed by atoms with Crippen molar-refractivity contribution in [3.8, 4) is 5.75 Å². The molecule has 2 atom stereocenters. The van der Waals surface area contributed by atoms with E-state index in [2.05, 4.69) is 0 Å². The first-order valence-corrected chi connectivity index (χ1v) is 8.50. The van der Waals surface area contributed by atoms with Gasteiger partial charge in [0.2, 0.25) is 0 Å². The molecule has 21 heavy (non-hydrogen) atoms. The summed E-state index contributed by atoms with van der Waals surface area (Å²) in [5.74, 6) is 3.29. The molecular weight excluding hydrogens is 258 g/mol. The van der Waals surface area contributed by atoms with Crippen LogP contribution in [0.2, 0.25) is 0 Å². The molecule has 0 amide bonds. The van der Waals surface area contributed by atoms with Crippen molar-refractivity contribution >= 4 is 6.21 Å². The first kappa shape index (κ1) is 13.4. The summed E-state index contributed by atoms with van der Waals surface area (Å²) < 4.78 is 0. The summed E-state index contributed by atoms with van der Waals surface area (Å²) >= 11 is 0. The van der Waals surface area contributed by atoms with E-state index >= 15 is 0 Å². The van der Waals surface area contributed by atoms with E-state index in [9.17, 15) is 5.11 Å². The predicted molar refractivity (Wildman–Crippen MR) is 85.8 cm³/mol. The van der Waals surface area contributed by atoms with Crippen LogP contribution in [0.1, 0.15) is 50.5 Å². The zero-order valence-electron chi connectivity index (χ0n) is 12.7. The second-order valence-electron chi connectivity index (χ2n) is 7.82. The Morgan fingerprint density at radius 1 is 1.00 bits per heavy atom. The molecular formula is C19H25NO. The molecule has 0 aliphatic heterocycles. The third kappa shape index (κ3) is 2.73. The minimum Gasteiger partial charge on any atom is -0.508 e. The normalized spacial score (nSPS) is 38.0. The van der Waals surface area contributed by atoms with Crippen LogP contribution in [0, 0.1) is 23.2 Å². The molecule has 0 saturated heterocycles. The van der Waals surface area contributed by atoms with Crippen LogP contribution in [0.5, 0.6) is 5.75 Å². The largest absolute Gasteiger partial charge is 0.508 e. The molecule has 0 heterocycles. The molecule has 4 saturated carbocycles. The molecule has 0 aromatic heterocycles. The predicted octanol–water partition coefficient (Wildman–Crippen LogP) is 4.42. The van der Waals surface area contributed by atoms with Crippen molar-refractivity contribution in [1.82, 2.24) is 0 Å². The summed E-state index contributed by atoms with van der Waals surface area (Å²) in [4.78, 5) is 4.80. The summed E-state index contributed by atoms with van der Waals surface area (Å²) in [5.41, 5.74) is 1.61. The number of aliphatic imine (C=N–C) groups is 1. The fourth-order valence-electron chi connectivity index (χ4n) is 5.47. The molecule has 4 bridgehead atoms. The van der Waals surface area contributed by atoms with Crippen LogP contribution >= 0.6 is 0 Å². The van der Waals surface area contributed by atoms with Crippen molar-refractivity contribution < 1.29 is 5.11 Å². The highest BCUT2D eigenvalue weighted by Gasteiger charge is 2.48. The summed E-state index contributed by atoms with van der Waals surface area (Å²) in [7, 11) is 0. The topological polar surface area (TPSA) is 32.6 Å². The molecule has 0 unspecified atom stereocenters. The van der Waals surface area contributed by atoms with Crippen LogP contribution in [-0.2, 0) is 0 Å². The van der Waals surface area contributed by atoms with Crippen LogP contribution in [0.4, 0.5) is 0 Å². The molecule has 1 aromatic rings. The maximum Gasteiger partial charge on any atom is 0.115 e. The highest BCUT2D eigenvalue weighted by atomic mass is 16.3. The Hall–Kier alpha value is -1.31.